The average Bonchev–Trinajstić information content (AvgIpc) is 4.03. The molecule has 13 aromatic rings. The van der Waals surface area contributed by atoms with Crippen LogP contribution in [0.2, 0.25) is 0 Å². The predicted octanol–water partition coefficient (Wildman–Crippen LogP) is 15.5. The Bertz CT molecular complexity index is 3800. The largest absolute Gasteiger partial charge is 0.454 e. The van der Waals surface area contributed by atoms with Crippen LogP contribution < -0.4 is 0 Å². The maximum Gasteiger partial charge on any atom is 0.159 e. The first-order valence-corrected chi connectivity index (χ1v) is 20.6. The van der Waals surface area contributed by atoms with E-state index in [9.17, 15) is 0 Å². The van der Waals surface area contributed by atoms with Crippen LogP contribution in [0.15, 0.2) is 199 Å². The van der Waals surface area contributed by atoms with Crippen molar-refractivity contribution in [3.05, 3.63) is 194 Å². The summed E-state index contributed by atoms with van der Waals surface area (Å²) in [4.78, 5) is 0. The topological polar surface area (TPSA) is 23.0 Å². The van der Waals surface area contributed by atoms with E-state index in [1.165, 1.54) is 80.7 Å². The SMILES string of the molecule is c1ccc(-c2cccc3c2c2cc(-c4ccc5c(c4)c4ccccc4n5-c4ccc5c(c4)sc4ccccc45)ccc2n3-c2cccc3c2oc2ccccc23)cc1. The van der Waals surface area contributed by atoms with Crippen LogP contribution in [-0.4, -0.2) is 9.13 Å². The molecular formula is C54H32N2OS. The van der Waals surface area contributed by atoms with Gasteiger partial charge in [-0.3, -0.25) is 0 Å². The van der Waals surface area contributed by atoms with Crippen molar-refractivity contribution >= 4 is 97.1 Å². The molecule has 0 radical (unpaired) electrons. The fraction of sp³-hybridized carbons (Fsp3) is 0. The van der Waals surface area contributed by atoms with Gasteiger partial charge in [-0.15, -0.1) is 11.3 Å². The lowest BCUT2D eigenvalue weighted by Crippen LogP contribution is -1.94. The molecule has 58 heavy (non-hydrogen) atoms. The second-order valence-corrected chi connectivity index (χ2v) is 16.3. The average molecular weight is 757 g/mol. The summed E-state index contributed by atoms with van der Waals surface area (Å²) in [7, 11) is 0. The van der Waals surface area contributed by atoms with Crippen LogP contribution in [0, 0.1) is 0 Å². The Morgan fingerprint density at radius 1 is 0.362 bits per heavy atom. The third-order valence-corrected chi connectivity index (χ3v) is 13.3. The van der Waals surface area contributed by atoms with Gasteiger partial charge in [0.15, 0.2) is 5.58 Å². The molecule has 13 rings (SSSR count). The maximum atomic E-state index is 6.64. The smallest absolute Gasteiger partial charge is 0.159 e. The van der Waals surface area contributed by atoms with Crippen LogP contribution >= 0.6 is 11.3 Å². The van der Waals surface area contributed by atoms with Gasteiger partial charge in [0.25, 0.3) is 0 Å². The molecule has 0 N–H and O–H groups in total. The molecular weight excluding hydrogens is 725 g/mol. The quantitative estimate of drug-likeness (QED) is 0.175. The molecule has 0 bridgehead atoms. The van der Waals surface area contributed by atoms with Crippen LogP contribution in [-0.2, 0) is 0 Å². The van der Waals surface area contributed by atoms with Gasteiger partial charge in [-0.2, -0.15) is 0 Å². The van der Waals surface area contributed by atoms with Gasteiger partial charge in [0, 0.05) is 58.2 Å². The molecule has 9 aromatic carbocycles. The standard InChI is InChI=1S/C54H32N2OS/c1-2-12-33(13-3-1)37-17-10-20-48-53(37)44-31-35(25-29-47(44)56(48)49-21-11-18-42-39-15-5-8-22-50(39)57-54(42)49)34-24-28-46-43(30-34)38-14-4-7-19-45(38)55(46)36-26-27-41-40-16-6-9-23-51(40)58-52(41)32-36/h1-32H. The van der Waals surface area contributed by atoms with Crippen molar-refractivity contribution in [2.24, 2.45) is 0 Å². The summed E-state index contributed by atoms with van der Waals surface area (Å²) < 4.78 is 14.1. The highest BCUT2D eigenvalue weighted by Crippen LogP contribution is 2.44. The molecule has 0 amide bonds. The number of para-hydroxylation sites is 3. The van der Waals surface area contributed by atoms with Crippen molar-refractivity contribution in [3.63, 3.8) is 0 Å². The summed E-state index contributed by atoms with van der Waals surface area (Å²) in [6.45, 7) is 0. The zero-order valence-electron chi connectivity index (χ0n) is 31.2. The van der Waals surface area contributed by atoms with Crippen molar-refractivity contribution in [3.8, 4) is 33.6 Å². The van der Waals surface area contributed by atoms with Gasteiger partial charge in [0.1, 0.15) is 5.58 Å². The zero-order chi connectivity index (χ0) is 37.9. The molecule has 0 fully saturated rings. The number of rotatable bonds is 4. The van der Waals surface area contributed by atoms with Gasteiger partial charge in [0.2, 0.25) is 0 Å². The Morgan fingerprint density at radius 3 is 1.90 bits per heavy atom. The van der Waals surface area contributed by atoms with Gasteiger partial charge in [-0.1, -0.05) is 127 Å². The van der Waals surface area contributed by atoms with Crippen molar-refractivity contribution in [1.82, 2.24) is 9.13 Å². The molecule has 3 nitrogen and oxygen atoms in total. The minimum Gasteiger partial charge on any atom is -0.454 e. The summed E-state index contributed by atoms with van der Waals surface area (Å²) >= 11 is 1.87. The van der Waals surface area contributed by atoms with Gasteiger partial charge in [-0.25, -0.2) is 0 Å². The predicted molar refractivity (Wildman–Crippen MR) is 246 cm³/mol. The normalized spacial score (nSPS) is 12.1. The highest BCUT2D eigenvalue weighted by Gasteiger charge is 2.21. The van der Waals surface area contributed by atoms with Crippen LogP contribution in [0.25, 0.3) is 119 Å². The number of nitrogens with zero attached hydrogens (tertiary/aromatic N) is 2. The van der Waals surface area contributed by atoms with Crippen molar-refractivity contribution in [1.29, 1.82) is 0 Å². The Kier molecular flexibility index (Phi) is 6.60. The van der Waals surface area contributed by atoms with Crippen molar-refractivity contribution < 1.29 is 4.42 Å². The molecule has 4 heteroatoms. The highest BCUT2D eigenvalue weighted by atomic mass is 32.1. The molecule has 0 unspecified atom stereocenters. The molecule has 0 aliphatic rings. The first kappa shape index (κ1) is 31.8. The number of aromatic nitrogens is 2. The Morgan fingerprint density at radius 2 is 1.02 bits per heavy atom. The third kappa shape index (κ3) is 4.49. The first-order valence-electron chi connectivity index (χ1n) is 19.8. The Balaban J connectivity index is 1.04. The fourth-order valence-corrected chi connectivity index (χ4v) is 10.7. The Hall–Kier alpha value is -7.40. The second kappa shape index (κ2) is 12.1. The second-order valence-electron chi connectivity index (χ2n) is 15.2. The molecule has 270 valence electrons. The molecule has 4 aromatic heterocycles. The lowest BCUT2D eigenvalue weighted by Gasteiger charge is -2.10. The van der Waals surface area contributed by atoms with Crippen LogP contribution in [0.5, 0.6) is 0 Å². The first-order chi connectivity index (χ1) is 28.8. The fourth-order valence-electron chi connectivity index (χ4n) is 9.56. The van der Waals surface area contributed by atoms with Crippen molar-refractivity contribution in [2.45, 2.75) is 0 Å². The van der Waals surface area contributed by atoms with E-state index in [1.807, 2.05) is 17.4 Å². The molecule has 0 saturated heterocycles. The van der Waals surface area contributed by atoms with Gasteiger partial charge >= 0.3 is 0 Å². The van der Waals surface area contributed by atoms with E-state index in [2.05, 4.69) is 197 Å². The lowest BCUT2D eigenvalue weighted by molar-refractivity contribution is 0.666. The molecule has 0 saturated carbocycles. The number of benzene rings is 9. The summed E-state index contributed by atoms with van der Waals surface area (Å²) in [6.07, 6.45) is 0. The Labute approximate surface area is 336 Å². The van der Waals surface area contributed by atoms with E-state index in [0.29, 0.717) is 0 Å². The van der Waals surface area contributed by atoms with Crippen LogP contribution in [0.4, 0.5) is 0 Å². The van der Waals surface area contributed by atoms with Crippen molar-refractivity contribution in [2.75, 3.05) is 0 Å². The van der Waals surface area contributed by atoms with Gasteiger partial charge < -0.3 is 13.6 Å². The zero-order valence-corrected chi connectivity index (χ0v) is 32.0. The molecule has 4 heterocycles. The minimum atomic E-state index is 0.894. The van der Waals surface area contributed by atoms with Gasteiger partial charge in [-0.05, 0) is 89.0 Å². The third-order valence-electron chi connectivity index (χ3n) is 12.1. The summed E-state index contributed by atoms with van der Waals surface area (Å²) in [6, 6.07) is 70.7. The van der Waals surface area contributed by atoms with Crippen LogP contribution in [0.1, 0.15) is 0 Å². The molecule has 0 atom stereocenters. The summed E-state index contributed by atoms with van der Waals surface area (Å²) in [5, 5.41) is 9.82. The number of hydrogen-bond acceptors (Lipinski definition) is 2. The minimum absolute atomic E-state index is 0.894. The van der Waals surface area contributed by atoms with Crippen LogP contribution in [0.3, 0.4) is 0 Å². The van der Waals surface area contributed by atoms with E-state index < -0.39 is 0 Å². The van der Waals surface area contributed by atoms with E-state index in [4.69, 9.17) is 4.42 Å². The highest BCUT2D eigenvalue weighted by molar-refractivity contribution is 7.25. The number of fused-ring (bicyclic) bond motifs is 12. The van der Waals surface area contributed by atoms with E-state index >= 15 is 0 Å². The lowest BCUT2D eigenvalue weighted by atomic mass is 9.97. The molecule has 0 aliphatic heterocycles. The maximum absolute atomic E-state index is 6.64. The van der Waals surface area contributed by atoms with E-state index in [-0.39, 0.29) is 0 Å². The number of thiophene rings is 1. The number of furan rings is 1. The van der Waals surface area contributed by atoms with E-state index in [1.54, 1.807) is 0 Å². The van der Waals surface area contributed by atoms with Gasteiger partial charge in [0.05, 0.1) is 27.8 Å². The summed E-state index contributed by atoms with van der Waals surface area (Å²) in [5.74, 6) is 0. The molecule has 0 spiro atoms. The van der Waals surface area contributed by atoms with E-state index in [0.717, 1.165) is 38.7 Å². The molecule has 0 aliphatic carbocycles. The monoisotopic (exact) mass is 756 g/mol. The number of hydrogen-bond donors (Lipinski definition) is 0. The summed E-state index contributed by atoms with van der Waals surface area (Å²) in [5.41, 5.74) is 13.5.